The van der Waals surface area contributed by atoms with Crippen LogP contribution < -0.4 is 5.32 Å². The molecular weight excluding hydrogens is 416 g/mol. The van der Waals surface area contributed by atoms with Crippen LogP contribution in [-0.2, 0) is 25.4 Å². The van der Waals surface area contributed by atoms with E-state index in [1.54, 1.807) is 0 Å². The summed E-state index contributed by atoms with van der Waals surface area (Å²) >= 11 is 0. The van der Waals surface area contributed by atoms with Gasteiger partial charge in [-0.2, -0.15) is 0 Å². The Kier molecular flexibility index (Phi) is 18.0. The second-order valence-electron chi connectivity index (χ2n) is 9.25. The van der Waals surface area contributed by atoms with Gasteiger partial charge in [0.2, 0.25) is 0 Å². The fraction of sp³-hybridized carbons (Fsp3) is 0.778. The number of carbonyl (C=O) groups excluding carboxylic acids is 1. The summed E-state index contributed by atoms with van der Waals surface area (Å²) in [5, 5.41) is 3.22. The molecule has 33 heavy (non-hydrogen) atoms. The number of nitrogens with one attached hydrogen (secondary N) is 1. The van der Waals surface area contributed by atoms with Crippen LogP contribution in [0.5, 0.6) is 0 Å². The second-order valence-corrected chi connectivity index (χ2v) is 9.25. The lowest BCUT2D eigenvalue weighted by molar-refractivity contribution is -0.231. The third kappa shape index (κ3) is 13.7. The number of hydrogen-bond acceptors (Lipinski definition) is 6. The van der Waals surface area contributed by atoms with Gasteiger partial charge >= 0.3 is 0 Å². The Hall–Kier alpha value is -1.50. The summed E-state index contributed by atoms with van der Waals surface area (Å²) in [6.07, 6.45) is 8.22. The van der Waals surface area contributed by atoms with E-state index in [9.17, 15) is 0 Å². The summed E-state index contributed by atoms with van der Waals surface area (Å²) in [6, 6.07) is 2.20. The van der Waals surface area contributed by atoms with E-state index in [4.69, 9.17) is 14.3 Å². The van der Waals surface area contributed by atoms with Crippen molar-refractivity contribution in [3.8, 4) is 0 Å². The highest BCUT2D eigenvalue weighted by molar-refractivity contribution is 5.36. The molecule has 0 aromatic carbocycles. The minimum atomic E-state index is 0.0352. The molecule has 1 aromatic heterocycles. The fourth-order valence-electron chi connectivity index (χ4n) is 3.07. The standard InChI is InChI=1S/C12H24O2.C9H13N.C4H9N.C2H4O2/c1-5-11(4)6-7-14-12(10(2)3)8-13-9-12;1-4-9-5-7(2)8(3)10-6-9;1-2-4-5-3-1;1-4-2-3/h10-11H,5-9H2,1-4H3;5-6H,4H2,1-3H3;5H,1-4H2;2H,1H3. The molecule has 192 valence electrons. The van der Waals surface area contributed by atoms with Crippen LogP contribution in [0.15, 0.2) is 12.3 Å². The molecule has 1 atom stereocenters. The highest BCUT2D eigenvalue weighted by Crippen LogP contribution is 2.30. The summed E-state index contributed by atoms with van der Waals surface area (Å²) in [4.78, 5) is 13.2. The summed E-state index contributed by atoms with van der Waals surface area (Å²) in [7, 11) is 1.31. The van der Waals surface area contributed by atoms with Crippen molar-refractivity contribution >= 4 is 6.47 Å². The van der Waals surface area contributed by atoms with E-state index in [2.05, 4.69) is 62.6 Å². The minimum absolute atomic E-state index is 0.0352. The number of carbonyl (C=O) groups is 1. The second kappa shape index (κ2) is 18.9. The fourth-order valence-corrected chi connectivity index (χ4v) is 3.07. The lowest BCUT2D eigenvalue weighted by atomic mass is 9.88. The van der Waals surface area contributed by atoms with E-state index in [1.165, 1.54) is 57.0 Å². The van der Waals surface area contributed by atoms with Crippen LogP contribution in [0.25, 0.3) is 0 Å². The van der Waals surface area contributed by atoms with Crippen molar-refractivity contribution in [3.05, 3.63) is 29.1 Å². The Labute approximate surface area is 203 Å². The first-order valence-electron chi connectivity index (χ1n) is 12.6. The molecule has 0 spiro atoms. The normalized spacial score (nSPS) is 16.6. The smallest absolute Gasteiger partial charge is 0.292 e. The van der Waals surface area contributed by atoms with E-state index < -0.39 is 0 Å². The maximum atomic E-state index is 8.95. The maximum absolute atomic E-state index is 8.95. The zero-order chi connectivity index (χ0) is 25.1. The number of ether oxygens (including phenoxy) is 3. The SMILES string of the molecule is C1CCNC1.CCC(C)CCOC1(C(C)C)COC1.CCc1cnc(C)c(C)c1.COC=O. The van der Waals surface area contributed by atoms with Gasteiger partial charge in [-0.25, -0.2) is 0 Å². The molecule has 2 fully saturated rings. The van der Waals surface area contributed by atoms with Crippen LogP contribution in [-0.4, -0.2) is 57.1 Å². The van der Waals surface area contributed by atoms with Gasteiger partial charge in [-0.1, -0.05) is 47.1 Å². The third-order valence-corrected chi connectivity index (χ3v) is 6.30. The van der Waals surface area contributed by atoms with Crippen LogP contribution in [0, 0.1) is 25.7 Å². The topological polar surface area (TPSA) is 69.7 Å². The van der Waals surface area contributed by atoms with Gasteiger partial charge in [0.25, 0.3) is 6.47 Å². The maximum Gasteiger partial charge on any atom is 0.292 e. The van der Waals surface area contributed by atoms with E-state index in [-0.39, 0.29) is 5.60 Å². The van der Waals surface area contributed by atoms with Crippen molar-refractivity contribution in [1.82, 2.24) is 10.3 Å². The van der Waals surface area contributed by atoms with Crippen molar-refractivity contribution in [2.45, 2.75) is 86.2 Å². The minimum Gasteiger partial charge on any atom is -0.471 e. The van der Waals surface area contributed by atoms with E-state index in [1.807, 2.05) is 13.1 Å². The summed E-state index contributed by atoms with van der Waals surface area (Å²) in [5.74, 6) is 1.34. The van der Waals surface area contributed by atoms with Crippen molar-refractivity contribution in [2.24, 2.45) is 11.8 Å². The van der Waals surface area contributed by atoms with Crippen molar-refractivity contribution in [3.63, 3.8) is 0 Å². The van der Waals surface area contributed by atoms with Gasteiger partial charge in [0.15, 0.2) is 0 Å². The largest absolute Gasteiger partial charge is 0.471 e. The van der Waals surface area contributed by atoms with Crippen LogP contribution in [0.2, 0.25) is 0 Å². The van der Waals surface area contributed by atoms with Crippen LogP contribution in [0.4, 0.5) is 0 Å². The molecule has 0 bridgehead atoms. The molecule has 0 aliphatic carbocycles. The molecule has 2 aliphatic heterocycles. The molecule has 1 aromatic rings. The molecule has 0 amide bonds. The van der Waals surface area contributed by atoms with E-state index in [0.29, 0.717) is 12.4 Å². The van der Waals surface area contributed by atoms with Crippen LogP contribution in [0.3, 0.4) is 0 Å². The molecule has 0 saturated carbocycles. The zero-order valence-corrected chi connectivity index (χ0v) is 22.5. The number of hydrogen-bond donors (Lipinski definition) is 1. The molecule has 6 nitrogen and oxygen atoms in total. The summed E-state index contributed by atoms with van der Waals surface area (Å²) in [6.45, 7) is 20.5. The molecule has 6 heteroatoms. The first-order chi connectivity index (χ1) is 15.8. The van der Waals surface area contributed by atoms with Gasteiger partial charge < -0.3 is 19.5 Å². The lowest BCUT2D eigenvalue weighted by Crippen LogP contribution is -2.56. The zero-order valence-electron chi connectivity index (χ0n) is 22.5. The lowest BCUT2D eigenvalue weighted by Gasteiger charge is -2.44. The molecule has 1 N–H and O–H groups in total. The molecule has 1 unspecified atom stereocenters. The number of rotatable bonds is 8. The van der Waals surface area contributed by atoms with Gasteiger partial charge in [0, 0.05) is 18.5 Å². The average molecular weight is 467 g/mol. The predicted molar refractivity (Wildman–Crippen MR) is 137 cm³/mol. The van der Waals surface area contributed by atoms with Gasteiger partial charge in [0.1, 0.15) is 5.60 Å². The number of nitrogens with zero attached hydrogens (tertiary/aromatic N) is 1. The monoisotopic (exact) mass is 466 g/mol. The van der Waals surface area contributed by atoms with Crippen molar-refractivity contribution in [2.75, 3.05) is 40.0 Å². The van der Waals surface area contributed by atoms with Gasteiger partial charge in [-0.3, -0.25) is 9.78 Å². The molecule has 2 saturated heterocycles. The Balaban J connectivity index is 0.000000465. The highest BCUT2D eigenvalue weighted by Gasteiger charge is 2.42. The Morgan fingerprint density at radius 2 is 1.79 bits per heavy atom. The van der Waals surface area contributed by atoms with Gasteiger partial charge in [-0.15, -0.1) is 0 Å². The van der Waals surface area contributed by atoms with Crippen LogP contribution in [0.1, 0.15) is 77.1 Å². The van der Waals surface area contributed by atoms with Gasteiger partial charge in [-0.05, 0) is 75.6 Å². The first-order valence-corrected chi connectivity index (χ1v) is 12.6. The Morgan fingerprint density at radius 3 is 2.12 bits per heavy atom. The molecule has 3 rings (SSSR count). The number of aryl methyl sites for hydroxylation is 3. The third-order valence-electron chi connectivity index (χ3n) is 6.30. The number of aromatic nitrogens is 1. The summed E-state index contributed by atoms with van der Waals surface area (Å²) in [5.41, 5.74) is 3.78. The highest BCUT2D eigenvalue weighted by atomic mass is 16.6. The average Bonchev–Trinajstić information content (AvgIpc) is 3.38. The Morgan fingerprint density at radius 1 is 1.18 bits per heavy atom. The van der Waals surface area contributed by atoms with Gasteiger partial charge in [0.05, 0.1) is 20.3 Å². The van der Waals surface area contributed by atoms with Crippen molar-refractivity contribution < 1.29 is 19.0 Å². The van der Waals surface area contributed by atoms with E-state index in [0.717, 1.165) is 37.9 Å². The molecule has 2 aliphatic rings. The number of pyridine rings is 1. The molecular formula is C27H50N2O4. The summed E-state index contributed by atoms with van der Waals surface area (Å²) < 4.78 is 15.1. The molecule has 3 heterocycles. The molecule has 0 radical (unpaired) electrons. The predicted octanol–water partition coefficient (Wildman–Crippen LogP) is 5.28. The quantitative estimate of drug-likeness (QED) is 0.525. The first kappa shape index (κ1) is 31.5. The van der Waals surface area contributed by atoms with Crippen LogP contribution >= 0.6 is 0 Å². The Bertz CT molecular complexity index is 607. The van der Waals surface area contributed by atoms with E-state index >= 15 is 0 Å². The number of methoxy groups -OCH3 is 1. The van der Waals surface area contributed by atoms with Crippen molar-refractivity contribution in [1.29, 1.82) is 0 Å².